The molecule has 2 aromatic rings. The lowest BCUT2D eigenvalue weighted by atomic mass is 9.78. The van der Waals surface area contributed by atoms with Gasteiger partial charge in [0.05, 0.1) is 27.8 Å². The molecule has 0 aliphatic carbocycles. The first-order chi connectivity index (χ1) is 12.5. The third-order valence-corrected chi connectivity index (χ3v) is 6.06. The fourth-order valence-corrected chi connectivity index (χ4v) is 3.49. The molecule has 0 radical (unpaired) electrons. The van der Waals surface area contributed by atoms with Crippen molar-refractivity contribution in [1.29, 1.82) is 0 Å². The molecule has 0 unspecified atom stereocenters. The number of aldehydes is 1. The van der Waals surface area contributed by atoms with E-state index >= 15 is 0 Å². The van der Waals surface area contributed by atoms with Crippen LogP contribution in [0.4, 0.5) is 0 Å². The highest BCUT2D eigenvalue weighted by Crippen LogP contribution is 2.36. The van der Waals surface area contributed by atoms with Crippen LogP contribution in [0.15, 0.2) is 10.7 Å². The first-order valence-corrected chi connectivity index (χ1v) is 9.35. The van der Waals surface area contributed by atoms with Crippen molar-refractivity contribution in [3.63, 3.8) is 0 Å². The van der Waals surface area contributed by atoms with Crippen LogP contribution in [0.25, 0.3) is 0 Å². The summed E-state index contributed by atoms with van der Waals surface area (Å²) >= 11 is 3.34. The number of rotatable bonds is 5. The molecule has 1 aliphatic rings. The van der Waals surface area contributed by atoms with Crippen LogP contribution >= 0.6 is 15.9 Å². The summed E-state index contributed by atoms with van der Waals surface area (Å²) < 4.78 is 15.7. The number of hydrogen-bond donors (Lipinski definition) is 0. The SMILES string of the molecule is Cn1cc(B2OC(C)(C)C(C)(C)O2)c(C(=O)Cc2c(Br)c(C=O)nn2C)n1. The molecule has 0 atom stereocenters. The second-order valence-corrected chi connectivity index (χ2v) is 8.48. The molecular weight excluding hydrogens is 415 g/mol. The number of nitrogens with zero attached hydrogens (tertiary/aromatic N) is 4. The number of carbonyl (C=O) groups is 2. The van der Waals surface area contributed by atoms with Crippen molar-refractivity contribution < 1.29 is 18.9 Å². The third-order valence-electron chi connectivity index (χ3n) is 5.19. The molecule has 2 aromatic heterocycles. The Balaban J connectivity index is 1.92. The van der Waals surface area contributed by atoms with E-state index < -0.39 is 18.3 Å². The highest BCUT2D eigenvalue weighted by Gasteiger charge is 2.53. The molecule has 1 aliphatic heterocycles. The normalized spacial score (nSPS) is 18.1. The lowest BCUT2D eigenvalue weighted by Gasteiger charge is -2.32. The van der Waals surface area contributed by atoms with Gasteiger partial charge in [0.15, 0.2) is 12.1 Å². The fraction of sp³-hybridized carbons (Fsp3) is 0.529. The van der Waals surface area contributed by atoms with Gasteiger partial charge < -0.3 is 9.31 Å². The van der Waals surface area contributed by atoms with Crippen molar-refractivity contribution in [1.82, 2.24) is 19.6 Å². The number of Topliss-reactive ketones (excluding diaryl/α,β-unsaturated/α-hetero) is 1. The second kappa shape index (κ2) is 6.68. The Morgan fingerprint density at radius 1 is 1.22 bits per heavy atom. The zero-order valence-electron chi connectivity index (χ0n) is 16.2. The fourth-order valence-electron chi connectivity index (χ4n) is 2.92. The molecule has 3 heterocycles. The monoisotopic (exact) mass is 436 g/mol. The molecule has 1 fully saturated rings. The summed E-state index contributed by atoms with van der Waals surface area (Å²) in [6.07, 6.45) is 2.43. The summed E-state index contributed by atoms with van der Waals surface area (Å²) in [5, 5.41) is 8.42. The van der Waals surface area contributed by atoms with Crippen LogP contribution in [0.5, 0.6) is 0 Å². The van der Waals surface area contributed by atoms with Gasteiger partial charge in [-0.3, -0.25) is 19.0 Å². The number of hydrogen-bond acceptors (Lipinski definition) is 6. The van der Waals surface area contributed by atoms with Gasteiger partial charge in [0.1, 0.15) is 11.4 Å². The molecule has 0 bridgehead atoms. The first kappa shape index (κ1) is 20.0. The first-order valence-electron chi connectivity index (χ1n) is 8.56. The van der Waals surface area contributed by atoms with Crippen molar-refractivity contribution in [3.8, 4) is 0 Å². The molecule has 0 saturated carbocycles. The minimum atomic E-state index is -0.678. The topological polar surface area (TPSA) is 88.2 Å². The summed E-state index contributed by atoms with van der Waals surface area (Å²) in [5.41, 5.74) is 0.710. The molecule has 3 rings (SSSR count). The van der Waals surface area contributed by atoms with E-state index in [-0.39, 0.29) is 23.6 Å². The third kappa shape index (κ3) is 3.41. The molecule has 8 nitrogen and oxygen atoms in total. The van der Waals surface area contributed by atoms with Crippen LogP contribution in [-0.2, 0) is 29.8 Å². The van der Waals surface area contributed by atoms with E-state index in [2.05, 4.69) is 26.1 Å². The average Bonchev–Trinajstić information content (AvgIpc) is 3.14. The molecule has 144 valence electrons. The summed E-state index contributed by atoms with van der Waals surface area (Å²) in [6.45, 7) is 7.83. The Bertz CT molecular complexity index is 902. The zero-order chi connectivity index (χ0) is 20.1. The van der Waals surface area contributed by atoms with Crippen LogP contribution in [0.1, 0.15) is 54.4 Å². The molecule has 0 amide bonds. The highest BCUT2D eigenvalue weighted by atomic mass is 79.9. The van der Waals surface area contributed by atoms with Gasteiger partial charge in [-0.15, -0.1) is 0 Å². The van der Waals surface area contributed by atoms with Gasteiger partial charge in [-0.25, -0.2) is 0 Å². The van der Waals surface area contributed by atoms with E-state index in [1.54, 1.807) is 25.0 Å². The van der Waals surface area contributed by atoms with E-state index in [0.29, 0.717) is 21.9 Å². The zero-order valence-corrected chi connectivity index (χ0v) is 17.8. The van der Waals surface area contributed by atoms with E-state index in [4.69, 9.17) is 9.31 Å². The molecule has 10 heteroatoms. The smallest absolute Gasteiger partial charge is 0.399 e. The van der Waals surface area contributed by atoms with Crippen LogP contribution in [0.2, 0.25) is 0 Å². The van der Waals surface area contributed by atoms with Gasteiger partial charge in [0.2, 0.25) is 0 Å². The number of ketones is 1. The van der Waals surface area contributed by atoms with Crippen molar-refractivity contribution in [2.45, 2.75) is 45.3 Å². The summed E-state index contributed by atoms with van der Waals surface area (Å²) in [7, 11) is 2.76. The van der Waals surface area contributed by atoms with Gasteiger partial charge >= 0.3 is 7.12 Å². The Labute approximate surface area is 166 Å². The minimum Gasteiger partial charge on any atom is -0.399 e. The predicted molar refractivity (Wildman–Crippen MR) is 103 cm³/mol. The standard InChI is InChI=1S/C17H22BBrN4O4/c1-16(2)17(3,4)27-18(26-16)10-8-22(5)21-15(10)13(25)7-12-14(19)11(9-24)20-23(12)6/h8-9H,7H2,1-6H3. The van der Waals surface area contributed by atoms with Gasteiger partial charge in [0, 0.05) is 25.8 Å². The van der Waals surface area contributed by atoms with Gasteiger partial charge in [-0.05, 0) is 43.6 Å². The van der Waals surface area contributed by atoms with E-state index in [1.165, 1.54) is 4.68 Å². The quantitative estimate of drug-likeness (QED) is 0.400. The van der Waals surface area contributed by atoms with Crippen molar-refractivity contribution in [2.24, 2.45) is 14.1 Å². The molecule has 1 saturated heterocycles. The minimum absolute atomic E-state index is 0.0431. The Hall–Kier alpha value is -1.78. The van der Waals surface area contributed by atoms with Crippen molar-refractivity contribution in [3.05, 3.63) is 27.8 Å². The molecular formula is C17H22BBrN4O4. The number of aromatic nitrogens is 4. The Morgan fingerprint density at radius 3 is 2.33 bits per heavy atom. The summed E-state index contributed by atoms with van der Waals surface area (Å²) in [4.78, 5) is 24.1. The van der Waals surface area contributed by atoms with Crippen LogP contribution in [-0.4, -0.2) is 50.0 Å². The van der Waals surface area contributed by atoms with E-state index in [0.717, 1.165) is 0 Å². The molecule has 0 N–H and O–H groups in total. The molecule has 0 aromatic carbocycles. The molecule has 27 heavy (non-hydrogen) atoms. The van der Waals surface area contributed by atoms with Crippen molar-refractivity contribution in [2.75, 3.05) is 0 Å². The predicted octanol–water partition coefficient (Wildman–Crippen LogP) is 1.45. The van der Waals surface area contributed by atoms with Gasteiger partial charge in [-0.1, -0.05) is 0 Å². The Kier molecular flexibility index (Phi) is 4.94. The maximum absolute atomic E-state index is 13.0. The second-order valence-electron chi connectivity index (χ2n) is 7.68. The van der Waals surface area contributed by atoms with Gasteiger partial charge in [0.25, 0.3) is 0 Å². The van der Waals surface area contributed by atoms with Crippen molar-refractivity contribution >= 4 is 40.6 Å². The molecule has 0 spiro atoms. The maximum Gasteiger partial charge on any atom is 0.498 e. The van der Waals surface area contributed by atoms with Crippen LogP contribution in [0.3, 0.4) is 0 Å². The summed E-state index contributed by atoms with van der Waals surface area (Å²) in [6, 6.07) is 0. The lowest BCUT2D eigenvalue weighted by molar-refractivity contribution is 0.00578. The number of halogens is 1. The number of aryl methyl sites for hydroxylation is 2. The number of carbonyl (C=O) groups excluding carboxylic acids is 2. The summed E-state index contributed by atoms with van der Waals surface area (Å²) in [5.74, 6) is -0.207. The average molecular weight is 437 g/mol. The Morgan fingerprint density at radius 2 is 1.81 bits per heavy atom. The highest BCUT2D eigenvalue weighted by molar-refractivity contribution is 9.10. The van der Waals surface area contributed by atoms with Crippen LogP contribution < -0.4 is 5.46 Å². The largest absolute Gasteiger partial charge is 0.498 e. The maximum atomic E-state index is 13.0. The van der Waals surface area contributed by atoms with Gasteiger partial charge in [-0.2, -0.15) is 10.2 Å². The van der Waals surface area contributed by atoms with Crippen LogP contribution in [0, 0.1) is 0 Å². The van der Waals surface area contributed by atoms with E-state index in [1.807, 2.05) is 27.7 Å². The van der Waals surface area contributed by atoms with E-state index in [9.17, 15) is 9.59 Å². The lowest BCUT2D eigenvalue weighted by Crippen LogP contribution is -2.41.